The topological polar surface area (TPSA) is 9.23 Å². The third kappa shape index (κ3) is 3.26. The monoisotopic (exact) mass is 238 g/mol. The number of para-hydroxylation sites is 1. The second-order valence-corrected chi connectivity index (χ2v) is 4.95. The zero-order valence-corrected chi connectivity index (χ0v) is 9.54. The fraction of sp³-hybridized carbons (Fsp3) is 0.333. The molecular formula is C9H9Cl3O. The molecule has 13 heavy (non-hydrogen) atoms. The lowest BCUT2D eigenvalue weighted by Crippen LogP contribution is -2.14. The first-order chi connectivity index (χ1) is 5.90. The van der Waals surface area contributed by atoms with Crippen molar-refractivity contribution in [3.8, 4) is 5.75 Å². The van der Waals surface area contributed by atoms with Crippen molar-refractivity contribution in [1.29, 1.82) is 0 Å². The Morgan fingerprint density at radius 1 is 1.08 bits per heavy atom. The zero-order chi connectivity index (χ0) is 10.1. The summed E-state index contributed by atoms with van der Waals surface area (Å²) in [6.07, 6.45) is 0. The van der Waals surface area contributed by atoms with Gasteiger partial charge in [0.25, 0.3) is 0 Å². The van der Waals surface area contributed by atoms with Gasteiger partial charge in [0, 0.05) is 0 Å². The van der Waals surface area contributed by atoms with Crippen molar-refractivity contribution in [3.63, 3.8) is 0 Å². The van der Waals surface area contributed by atoms with Crippen LogP contribution >= 0.6 is 34.8 Å². The highest BCUT2D eigenvalue weighted by Gasteiger charge is 2.23. The smallest absolute Gasteiger partial charge is 0.338 e. The second kappa shape index (κ2) is 3.95. The maximum absolute atomic E-state index is 5.52. The standard InChI is InChI=1S/C9H9Cl3O/c1-6-4-3-5-7(2)8(6)13-9(10,11)12/h3-5H,1-2H3. The third-order valence-electron chi connectivity index (χ3n) is 1.63. The van der Waals surface area contributed by atoms with Crippen LogP contribution < -0.4 is 4.74 Å². The molecule has 0 amide bonds. The van der Waals surface area contributed by atoms with Gasteiger partial charge in [-0.05, 0) is 59.8 Å². The number of hydrogen-bond acceptors (Lipinski definition) is 1. The fourth-order valence-corrected chi connectivity index (χ4v) is 1.31. The Hall–Kier alpha value is -0.110. The van der Waals surface area contributed by atoms with Gasteiger partial charge in [0.2, 0.25) is 0 Å². The van der Waals surface area contributed by atoms with E-state index in [1.54, 1.807) is 0 Å². The first-order valence-electron chi connectivity index (χ1n) is 3.72. The zero-order valence-electron chi connectivity index (χ0n) is 7.27. The van der Waals surface area contributed by atoms with Crippen LogP contribution in [0.5, 0.6) is 5.75 Å². The van der Waals surface area contributed by atoms with E-state index in [1.165, 1.54) is 0 Å². The Labute approximate surface area is 92.5 Å². The van der Waals surface area contributed by atoms with Gasteiger partial charge in [-0.2, -0.15) is 0 Å². The van der Waals surface area contributed by atoms with Crippen LogP contribution in [0, 0.1) is 13.8 Å². The van der Waals surface area contributed by atoms with Crippen LogP contribution in [0.1, 0.15) is 11.1 Å². The molecule has 1 nitrogen and oxygen atoms in total. The van der Waals surface area contributed by atoms with Gasteiger partial charge in [-0.25, -0.2) is 0 Å². The quantitative estimate of drug-likeness (QED) is 0.673. The minimum Gasteiger partial charge on any atom is -0.445 e. The molecule has 0 aliphatic heterocycles. The van der Waals surface area contributed by atoms with E-state index in [9.17, 15) is 0 Å². The highest BCUT2D eigenvalue weighted by Crippen LogP contribution is 2.33. The molecule has 1 rings (SSSR count). The SMILES string of the molecule is Cc1cccc(C)c1OC(Cl)(Cl)Cl. The van der Waals surface area contributed by atoms with Crippen molar-refractivity contribution in [3.05, 3.63) is 29.3 Å². The van der Waals surface area contributed by atoms with Crippen LogP contribution in [0.4, 0.5) is 0 Å². The van der Waals surface area contributed by atoms with E-state index < -0.39 is 3.98 Å². The molecule has 0 saturated carbocycles. The van der Waals surface area contributed by atoms with Crippen LogP contribution in [0.15, 0.2) is 18.2 Å². The molecule has 0 bridgehead atoms. The summed E-state index contributed by atoms with van der Waals surface area (Å²) in [4.78, 5) is 0. The van der Waals surface area contributed by atoms with E-state index >= 15 is 0 Å². The lowest BCUT2D eigenvalue weighted by molar-refractivity contribution is 0.316. The Morgan fingerprint density at radius 3 is 1.92 bits per heavy atom. The Morgan fingerprint density at radius 2 is 1.54 bits per heavy atom. The molecule has 1 aromatic carbocycles. The van der Waals surface area contributed by atoms with Gasteiger partial charge in [0.15, 0.2) is 0 Å². The summed E-state index contributed by atoms with van der Waals surface area (Å²) in [7, 11) is 0. The summed E-state index contributed by atoms with van der Waals surface area (Å²) in [6.45, 7) is 3.80. The summed E-state index contributed by atoms with van der Waals surface area (Å²) >= 11 is 16.6. The van der Waals surface area contributed by atoms with Gasteiger partial charge in [0.1, 0.15) is 5.75 Å². The van der Waals surface area contributed by atoms with Crippen molar-refractivity contribution in [2.45, 2.75) is 17.8 Å². The summed E-state index contributed by atoms with van der Waals surface area (Å²) in [5.41, 5.74) is 1.90. The number of ether oxygens (including phenoxy) is 1. The lowest BCUT2D eigenvalue weighted by Gasteiger charge is -2.17. The number of alkyl halides is 3. The van der Waals surface area contributed by atoms with E-state index in [1.807, 2.05) is 32.0 Å². The predicted octanol–water partition coefficient (Wildman–Crippen LogP) is 4.01. The number of benzene rings is 1. The molecule has 0 unspecified atom stereocenters. The van der Waals surface area contributed by atoms with Gasteiger partial charge in [-0.15, -0.1) is 0 Å². The van der Waals surface area contributed by atoms with Gasteiger partial charge < -0.3 is 4.74 Å². The van der Waals surface area contributed by atoms with E-state index in [2.05, 4.69) is 0 Å². The summed E-state index contributed by atoms with van der Waals surface area (Å²) in [5.74, 6) is 0.627. The van der Waals surface area contributed by atoms with Gasteiger partial charge in [-0.3, -0.25) is 0 Å². The van der Waals surface area contributed by atoms with Gasteiger partial charge >= 0.3 is 3.98 Å². The van der Waals surface area contributed by atoms with Gasteiger partial charge in [-0.1, -0.05) is 18.2 Å². The summed E-state index contributed by atoms with van der Waals surface area (Å²) in [6, 6.07) is 5.73. The maximum Gasteiger partial charge on any atom is 0.338 e. The van der Waals surface area contributed by atoms with Crippen molar-refractivity contribution in [2.24, 2.45) is 0 Å². The van der Waals surface area contributed by atoms with E-state index in [-0.39, 0.29) is 0 Å². The maximum atomic E-state index is 5.52. The molecule has 0 aliphatic carbocycles. The molecule has 0 fully saturated rings. The van der Waals surface area contributed by atoms with Crippen LogP contribution in [-0.2, 0) is 0 Å². The highest BCUT2D eigenvalue weighted by molar-refractivity contribution is 6.66. The van der Waals surface area contributed by atoms with Crippen LogP contribution in [-0.4, -0.2) is 3.98 Å². The molecule has 0 atom stereocenters. The van der Waals surface area contributed by atoms with Crippen LogP contribution in [0.2, 0.25) is 0 Å². The Balaban J connectivity index is 3.00. The second-order valence-electron chi connectivity index (χ2n) is 2.77. The minimum absolute atomic E-state index is 0.627. The molecule has 0 N–H and O–H groups in total. The molecule has 4 heteroatoms. The molecule has 0 saturated heterocycles. The molecular weight excluding hydrogens is 230 g/mol. The average molecular weight is 240 g/mol. The lowest BCUT2D eigenvalue weighted by atomic mass is 10.1. The molecule has 0 aromatic heterocycles. The number of rotatable bonds is 1. The number of hydrogen-bond donors (Lipinski definition) is 0. The fourth-order valence-electron chi connectivity index (χ4n) is 1.08. The molecule has 1 aromatic rings. The van der Waals surface area contributed by atoms with Crippen molar-refractivity contribution >= 4 is 34.8 Å². The van der Waals surface area contributed by atoms with E-state index in [0.717, 1.165) is 11.1 Å². The van der Waals surface area contributed by atoms with Crippen LogP contribution in [0.3, 0.4) is 0 Å². The van der Waals surface area contributed by atoms with Gasteiger partial charge in [0.05, 0.1) is 0 Å². The first-order valence-corrected chi connectivity index (χ1v) is 4.85. The number of halogens is 3. The highest BCUT2D eigenvalue weighted by atomic mass is 35.6. The van der Waals surface area contributed by atoms with Crippen molar-refractivity contribution < 1.29 is 4.74 Å². The molecule has 0 spiro atoms. The molecule has 0 aliphatic rings. The van der Waals surface area contributed by atoms with Crippen molar-refractivity contribution in [1.82, 2.24) is 0 Å². The first kappa shape index (κ1) is 11.0. The molecule has 72 valence electrons. The molecule has 0 heterocycles. The van der Waals surface area contributed by atoms with Crippen LogP contribution in [0.25, 0.3) is 0 Å². The van der Waals surface area contributed by atoms with Crippen molar-refractivity contribution in [2.75, 3.05) is 0 Å². The Kier molecular flexibility index (Phi) is 3.33. The predicted molar refractivity (Wildman–Crippen MR) is 56.8 cm³/mol. The minimum atomic E-state index is -1.70. The van der Waals surface area contributed by atoms with E-state index in [0.29, 0.717) is 5.75 Å². The third-order valence-corrected chi connectivity index (χ3v) is 1.86. The summed E-state index contributed by atoms with van der Waals surface area (Å²) < 4.78 is 3.46. The van der Waals surface area contributed by atoms with E-state index in [4.69, 9.17) is 39.5 Å². The average Bonchev–Trinajstić information content (AvgIpc) is 1.95. The molecule has 0 radical (unpaired) electrons. The number of aryl methyl sites for hydroxylation is 2. The Bertz CT molecular complexity index is 284. The summed E-state index contributed by atoms with van der Waals surface area (Å²) in [5, 5.41) is 0. The largest absolute Gasteiger partial charge is 0.445 e. The normalized spacial score (nSPS) is 11.5.